The summed E-state index contributed by atoms with van der Waals surface area (Å²) in [6.07, 6.45) is 5.83. The molecule has 21 heavy (non-hydrogen) atoms. The number of thioether (sulfide) groups is 1. The van der Waals surface area contributed by atoms with Crippen molar-refractivity contribution in [1.29, 1.82) is 0 Å². The van der Waals surface area contributed by atoms with Crippen molar-refractivity contribution in [3.8, 4) is 0 Å². The van der Waals surface area contributed by atoms with E-state index < -0.39 is 0 Å². The molecule has 2 atom stereocenters. The van der Waals surface area contributed by atoms with Crippen LogP contribution in [0, 0.1) is 0 Å². The molecule has 0 aliphatic heterocycles. The lowest BCUT2D eigenvalue weighted by Crippen LogP contribution is -2.26. The molecule has 2 rings (SSSR count). The van der Waals surface area contributed by atoms with E-state index in [9.17, 15) is 0 Å². The van der Waals surface area contributed by atoms with Crippen molar-refractivity contribution in [2.45, 2.75) is 44.4 Å². The zero-order chi connectivity index (χ0) is 15.2. The molecule has 0 saturated heterocycles. The van der Waals surface area contributed by atoms with Gasteiger partial charge in [-0.1, -0.05) is 0 Å². The van der Waals surface area contributed by atoms with Gasteiger partial charge in [-0.25, -0.2) is 0 Å². The number of nitrogens with one attached hydrogen (secondary N) is 2. The van der Waals surface area contributed by atoms with Crippen LogP contribution in [0.25, 0.3) is 0 Å². The molecule has 1 aromatic rings. The fourth-order valence-corrected chi connectivity index (χ4v) is 3.45. The summed E-state index contributed by atoms with van der Waals surface area (Å²) < 4.78 is 0. The van der Waals surface area contributed by atoms with Gasteiger partial charge in [-0.15, -0.1) is 0 Å². The SMILES string of the molecule is CCN(CC)c1nc(NC)nc(NC2CCC(SC)C2)n1. The number of aromatic nitrogens is 3. The van der Waals surface area contributed by atoms with Crippen molar-refractivity contribution in [3.63, 3.8) is 0 Å². The topological polar surface area (TPSA) is 66.0 Å². The largest absolute Gasteiger partial charge is 0.357 e. The van der Waals surface area contributed by atoms with Crippen LogP contribution in [0.4, 0.5) is 17.8 Å². The van der Waals surface area contributed by atoms with Gasteiger partial charge >= 0.3 is 0 Å². The van der Waals surface area contributed by atoms with Gasteiger partial charge < -0.3 is 15.5 Å². The van der Waals surface area contributed by atoms with E-state index in [2.05, 4.69) is 50.6 Å². The van der Waals surface area contributed by atoms with Gasteiger partial charge in [0.2, 0.25) is 17.8 Å². The molecule has 2 N–H and O–H groups in total. The number of rotatable bonds is 7. The van der Waals surface area contributed by atoms with Crippen LogP contribution in [0.2, 0.25) is 0 Å². The summed E-state index contributed by atoms with van der Waals surface area (Å²) >= 11 is 1.96. The fraction of sp³-hybridized carbons (Fsp3) is 0.786. The second-order valence-corrected chi connectivity index (χ2v) is 6.36. The highest BCUT2D eigenvalue weighted by Gasteiger charge is 2.24. The van der Waals surface area contributed by atoms with Crippen LogP contribution < -0.4 is 15.5 Å². The van der Waals surface area contributed by atoms with E-state index in [4.69, 9.17) is 0 Å². The van der Waals surface area contributed by atoms with E-state index in [1.807, 2.05) is 18.8 Å². The van der Waals surface area contributed by atoms with Crippen LogP contribution in [0.3, 0.4) is 0 Å². The van der Waals surface area contributed by atoms with Gasteiger partial charge in [0.15, 0.2) is 0 Å². The minimum absolute atomic E-state index is 0.471. The van der Waals surface area contributed by atoms with Crippen molar-refractivity contribution in [2.75, 3.05) is 41.9 Å². The minimum atomic E-state index is 0.471. The smallest absolute Gasteiger partial charge is 0.231 e. The molecular weight excluding hydrogens is 284 g/mol. The van der Waals surface area contributed by atoms with E-state index in [0.717, 1.165) is 24.3 Å². The maximum absolute atomic E-state index is 4.58. The average molecular weight is 310 g/mol. The molecule has 1 aliphatic carbocycles. The number of nitrogens with zero attached hydrogens (tertiary/aromatic N) is 4. The molecule has 0 spiro atoms. The molecule has 1 fully saturated rings. The highest BCUT2D eigenvalue weighted by molar-refractivity contribution is 7.99. The third kappa shape index (κ3) is 4.12. The Labute approximate surface area is 131 Å². The van der Waals surface area contributed by atoms with Crippen molar-refractivity contribution >= 4 is 29.6 Å². The molecule has 6 nitrogen and oxygen atoms in total. The average Bonchev–Trinajstić information content (AvgIpc) is 2.96. The Morgan fingerprint density at radius 3 is 2.43 bits per heavy atom. The van der Waals surface area contributed by atoms with Gasteiger partial charge in [0.05, 0.1) is 0 Å². The predicted molar refractivity (Wildman–Crippen MR) is 91.5 cm³/mol. The van der Waals surface area contributed by atoms with E-state index in [-0.39, 0.29) is 0 Å². The van der Waals surface area contributed by atoms with Crippen LogP contribution in [-0.2, 0) is 0 Å². The monoisotopic (exact) mass is 310 g/mol. The minimum Gasteiger partial charge on any atom is -0.357 e. The summed E-state index contributed by atoms with van der Waals surface area (Å²) in [6.45, 7) is 6.00. The van der Waals surface area contributed by atoms with Crippen LogP contribution in [0.15, 0.2) is 0 Å². The Morgan fingerprint density at radius 2 is 1.86 bits per heavy atom. The second-order valence-electron chi connectivity index (χ2n) is 5.22. The lowest BCUT2D eigenvalue weighted by Gasteiger charge is -2.20. The van der Waals surface area contributed by atoms with Gasteiger partial charge in [0, 0.05) is 31.4 Å². The van der Waals surface area contributed by atoms with Crippen molar-refractivity contribution in [3.05, 3.63) is 0 Å². The molecule has 0 bridgehead atoms. The summed E-state index contributed by atoms with van der Waals surface area (Å²) in [4.78, 5) is 15.6. The Hall–Kier alpha value is -1.24. The maximum atomic E-state index is 4.58. The van der Waals surface area contributed by atoms with Crippen molar-refractivity contribution in [1.82, 2.24) is 15.0 Å². The molecule has 0 radical (unpaired) electrons. The summed E-state index contributed by atoms with van der Waals surface area (Å²) in [6, 6.07) is 0.471. The number of anilines is 3. The first-order chi connectivity index (χ1) is 10.2. The lowest BCUT2D eigenvalue weighted by molar-refractivity contribution is 0.739. The Balaban J connectivity index is 2.13. The molecule has 0 amide bonds. The van der Waals surface area contributed by atoms with Gasteiger partial charge in [0.25, 0.3) is 0 Å². The normalized spacial score (nSPS) is 21.3. The predicted octanol–water partition coefficient (Wildman–Crippen LogP) is 2.46. The summed E-state index contributed by atoms with van der Waals surface area (Å²) in [5.74, 6) is 2.04. The standard InChI is InChI=1S/C14H26N6S/c1-5-20(6-2)14-18-12(15-3)17-13(19-14)16-10-7-8-11(9-10)21-4/h10-11H,5-9H2,1-4H3,(H2,15,16,17,18,19). The van der Waals surface area contributed by atoms with Crippen molar-refractivity contribution in [2.24, 2.45) is 0 Å². The quantitative estimate of drug-likeness (QED) is 0.802. The summed E-state index contributed by atoms with van der Waals surface area (Å²) in [7, 11) is 1.84. The molecule has 118 valence electrons. The zero-order valence-corrected chi connectivity index (χ0v) is 14.2. The van der Waals surface area contributed by atoms with Crippen LogP contribution in [0.1, 0.15) is 33.1 Å². The third-order valence-corrected chi connectivity index (χ3v) is 5.04. The fourth-order valence-electron chi connectivity index (χ4n) is 2.66. The van der Waals surface area contributed by atoms with Gasteiger partial charge in [0.1, 0.15) is 0 Å². The Kier molecular flexibility index (Phi) is 5.90. The number of hydrogen-bond acceptors (Lipinski definition) is 7. The van der Waals surface area contributed by atoms with E-state index in [0.29, 0.717) is 17.9 Å². The van der Waals surface area contributed by atoms with Crippen molar-refractivity contribution < 1.29 is 0 Å². The van der Waals surface area contributed by atoms with Gasteiger partial charge in [-0.05, 0) is 39.4 Å². The second kappa shape index (κ2) is 7.68. The maximum Gasteiger partial charge on any atom is 0.231 e. The molecule has 1 heterocycles. The summed E-state index contributed by atoms with van der Waals surface area (Å²) in [5.41, 5.74) is 0. The zero-order valence-electron chi connectivity index (χ0n) is 13.4. The summed E-state index contributed by atoms with van der Waals surface area (Å²) in [5, 5.41) is 7.26. The van der Waals surface area contributed by atoms with Crippen LogP contribution in [0.5, 0.6) is 0 Å². The third-order valence-electron chi connectivity index (χ3n) is 3.94. The molecule has 7 heteroatoms. The van der Waals surface area contributed by atoms with Gasteiger partial charge in [-0.3, -0.25) is 0 Å². The number of hydrogen-bond donors (Lipinski definition) is 2. The lowest BCUT2D eigenvalue weighted by atomic mass is 10.2. The highest BCUT2D eigenvalue weighted by atomic mass is 32.2. The van der Waals surface area contributed by atoms with Crippen LogP contribution >= 0.6 is 11.8 Å². The Bertz CT molecular complexity index is 451. The molecular formula is C14H26N6S. The van der Waals surface area contributed by atoms with Gasteiger partial charge in [-0.2, -0.15) is 26.7 Å². The first kappa shape index (κ1) is 16.1. The van der Waals surface area contributed by atoms with Crippen LogP contribution in [-0.4, -0.2) is 52.6 Å². The molecule has 1 aromatic heterocycles. The molecule has 1 aliphatic rings. The molecule has 0 aromatic carbocycles. The molecule has 1 saturated carbocycles. The highest BCUT2D eigenvalue weighted by Crippen LogP contribution is 2.30. The molecule has 2 unspecified atom stereocenters. The van der Waals surface area contributed by atoms with E-state index in [1.54, 1.807) is 0 Å². The Morgan fingerprint density at radius 1 is 1.14 bits per heavy atom. The van der Waals surface area contributed by atoms with E-state index in [1.165, 1.54) is 19.3 Å². The first-order valence-corrected chi connectivity index (χ1v) is 8.97. The van der Waals surface area contributed by atoms with E-state index >= 15 is 0 Å². The first-order valence-electron chi connectivity index (χ1n) is 7.68.